The van der Waals surface area contributed by atoms with E-state index < -0.39 is 0 Å². The number of nitrogens with one attached hydrogen (secondary N) is 1. The fraction of sp³-hybridized carbons (Fsp3) is 0.368. The van der Waals surface area contributed by atoms with E-state index in [1.165, 1.54) is 16.7 Å². The highest BCUT2D eigenvalue weighted by molar-refractivity contribution is 5.31. The molecule has 1 unspecified atom stereocenters. The second-order valence-corrected chi connectivity index (χ2v) is 5.55. The van der Waals surface area contributed by atoms with Gasteiger partial charge in [-0.25, -0.2) is 0 Å². The van der Waals surface area contributed by atoms with Crippen LogP contribution in [0.25, 0.3) is 0 Å². The van der Waals surface area contributed by atoms with Crippen LogP contribution in [-0.2, 0) is 0 Å². The van der Waals surface area contributed by atoms with Crippen molar-refractivity contribution in [1.82, 2.24) is 5.32 Å². The molecule has 0 saturated carbocycles. The Kier molecular flexibility index (Phi) is 5.82. The Labute approximate surface area is 128 Å². The van der Waals surface area contributed by atoms with Gasteiger partial charge in [0.1, 0.15) is 12.4 Å². The molecule has 0 saturated heterocycles. The third kappa shape index (κ3) is 4.91. The molecule has 0 aliphatic rings. The van der Waals surface area contributed by atoms with Crippen LogP contribution in [0, 0.1) is 13.8 Å². The van der Waals surface area contributed by atoms with Crippen LogP contribution in [0.3, 0.4) is 0 Å². The van der Waals surface area contributed by atoms with Gasteiger partial charge in [-0.1, -0.05) is 54.4 Å². The number of hydrogen-bond donors (Lipinski definition) is 1. The Bertz CT molecular complexity index is 530. The summed E-state index contributed by atoms with van der Waals surface area (Å²) in [5, 5.41) is 3.59. The zero-order chi connectivity index (χ0) is 15.1. The van der Waals surface area contributed by atoms with Crippen molar-refractivity contribution in [2.45, 2.75) is 33.2 Å². The van der Waals surface area contributed by atoms with Crippen molar-refractivity contribution in [2.75, 3.05) is 13.2 Å². The standard InChI is InChI=1S/C19H25NO/c1-4-10-20-19(14-21-18-8-6-5-7-9-18)17-12-15(2)11-16(3)13-17/h5-9,11-13,19-20H,4,10,14H2,1-3H3. The molecule has 2 nitrogen and oxygen atoms in total. The quantitative estimate of drug-likeness (QED) is 0.812. The number of ether oxygens (including phenoxy) is 1. The van der Waals surface area contributed by atoms with E-state index in [0.717, 1.165) is 18.7 Å². The lowest BCUT2D eigenvalue weighted by molar-refractivity contribution is 0.266. The summed E-state index contributed by atoms with van der Waals surface area (Å²) >= 11 is 0. The highest BCUT2D eigenvalue weighted by Gasteiger charge is 2.12. The van der Waals surface area contributed by atoms with Crippen molar-refractivity contribution in [3.05, 3.63) is 65.2 Å². The molecular weight excluding hydrogens is 258 g/mol. The van der Waals surface area contributed by atoms with Crippen LogP contribution in [0.15, 0.2) is 48.5 Å². The summed E-state index contributed by atoms with van der Waals surface area (Å²) in [5.41, 5.74) is 3.90. The molecule has 0 spiro atoms. The van der Waals surface area contributed by atoms with E-state index in [1.54, 1.807) is 0 Å². The highest BCUT2D eigenvalue weighted by Crippen LogP contribution is 2.19. The first-order valence-corrected chi connectivity index (χ1v) is 7.68. The molecule has 0 aliphatic carbocycles. The van der Waals surface area contributed by atoms with E-state index in [4.69, 9.17) is 4.74 Å². The van der Waals surface area contributed by atoms with Crippen molar-refractivity contribution in [1.29, 1.82) is 0 Å². The Morgan fingerprint density at radius 3 is 2.29 bits per heavy atom. The van der Waals surface area contributed by atoms with E-state index in [9.17, 15) is 0 Å². The minimum atomic E-state index is 0.226. The number of rotatable bonds is 7. The van der Waals surface area contributed by atoms with E-state index in [0.29, 0.717) is 6.61 Å². The van der Waals surface area contributed by atoms with Crippen molar-refractivity contribution >= 4 is 0 Å². The van der Waals surface area contributed by atoms with Crippen molar-refractivity contribution in [3.8, 4) is 5.75 Å². The van der Waals surface area contributed by atoms with Crippen LogP contribution >= 0.6 is 0 Å². The normalized spacial score (nSPS) is 12.1. The Morgan fingerprint density at radius 2 is 1.67 bits per heavy atom. The maximum Gasteiger partial charge on any atom is 0.119 e. The number of para-hydroxylation sites is 1. The van der Waals surface area contributed by atoms with Gasteiger partial charge in [0.15, 0.2) is 0 Å². The number of hydrogen-bond acceptors (Lipinski definition) is 2. The molecule has 1 atom stereocenters. The lowest BCUT2D eigenvalue weighted by Crippen LogP contribution is -2.27. The number of benzene rings is 2. The second kappa shape index (κ2) is 7.84. The molecule has 0 aliphatic heterocycles. The van der Waals surface area contributed by atoms with Gasteiger partial charge in [0, 0.05) is 0 Å². The molecule has 0 radical (unpaired) electrons. The lowest BCUT2D eigenvalue weighted by atomic mass is 10.0. The van der Waals surface area contributed by atoms with E-state index in [-0.39, 0.29) is 6.04 Å². The van der Waals surface area contributed by atoms with E-state index in [1.807, 2.05) is 30.3 Å². The molecule has 0 aromatic heterocycles. The smallest absolute Gasteiger partial charge is 0.119 e. The Morgan fingerprint density at radius 1 is 1.00 bits per heavy atom. The Hall–Kier alpha value is -1.80. The van der Waals surface area contributed by atoms with Crippen LogP contribution in [0.1, 0.15) is 36.1 Å². The maximum absolute atomic E-state index is 5.94. The van der Waals surface area contributed by atoms with Gasteiger partial charge in [-0.3, -0.25) is 0 Å². The largest absolute Gasteiger partial charge is 0.492 e. The molecule has 0 amide bonds. The zero-order valence-corrected chi connectivity index (χ0v) is 13.2. The molecule has 0 fully saturated rings. The average Bonchev–Trinajstić information content (AvgIpc) is 2.47. The summed E-state index contributed by atoms with van der Waals surface area (Å²) in [6, 6.07) is 16.9. The first-order valence-electron chi connectivity index (χ1n) is 7.68. The van der Waals surface area contributed by atoms with Crippen LogP contribution in [0.5, 0.6) is 5.75 Å². The van der Waals surface area contributed by atoms with Gasteiger partial charge in [0.05, 0.1) is 6.04 Å². The first kappa shape index (κ1) is 15.6. The second-order valence-electron chi connectivity index (χ2n) is 5.55. The van der Waals surface area contributed by atoms with Gasteiger partial charge in [0.2, 0.25) is 0 Å². The topological polar surface area (TPSA) is 21.3 Å². The first-order chi connectivity index (χ1) is 10.2. The molecular formula is C19H25NO. The fourth-order valence-corrected chi connectivity index (χ4v) is 2.50. The lowest BCUT2D eigenvalue weighted by Gasteiger charge is -2.20. The molecule has 112 valence electrons. The van der Waals surface area contributed by atoms with Crippen molar-refractivity contribution < 1.29 is 4.74 Å². The minimum absolute atomic E-state index is 0.226. The van der Waals surface area contributed by atoms with Crippen molar-refractivity contribution in [2.24, 2.45) is 0 Å². The third-order valence-electron chi connectivity index (χ3n) is 3.45. The van der Waals surface area contributed by atoms with Crippen LogP contribution in [-0.4, -0.2) is 13.2 Å². The molecule has 2 rings (SSSR count). The third-order valence-corrected chi connectivity index (χ3v) is 3.45. The molecule has 0 bridgehead atoms. The van der Waals surface area contributed by atoms with Gasteiger partial charge < -0.3 is 10.1 Å². The maximum atomic E-state index is 5.94. The van der Waals surface area contributed by atoms with Crippen LogP contribution < -0.4 is 10.1 Å². The van der Waals surface area contributed by atoms with Crippen LogP contribution in [0.2, 0.25) is 0 Å². The average molecular weight is 283 g/mol. The van der Waals surface area contributed by atoms with Gasteiger partial charge in [-0.2, -0.15) is 0 Å². The molecule has 21 heavy (non-hydrogen) atoms. The summed E-state index contributed by atoms with van der Waals surface area (Å²) in [6.07, 6.45) is 1.12. The minimum Gasteiger partial charge on any atom is -0.492 e. The monoisotopic (exact) mass is 283 g/mol. The zero-order valence-electron chi connectivity index (χ0n) is 13.2. The molecule has 2 heteroatoms. The summed E-state index contributed by atoms with van der Waals surface area (Å²) in [6.45, 7) is 8.11. The number of aryl methyl sites for hydroxylation is 2. The summed E-state index contributed by atoms with van der Waals surface area (Å²) in [7, 11) is 0. The van der Waals surface area contributed by atoms with Gasteiger partial charge in [0.25, 0.3) is 0 Å². The van der Waals surface area contributed by atoms with E-state index >= 15 is 0 Å². The summed E-state index contributed by atoms with van der Waals surface area (Å²) in [5.74, 6) is 0.921. The van der Waals surface area contributed by atoms with Crippen molar-refractivity contribution in [3.63, 3.8) is 0 Å². The Balaban J connectivity index is 2.10. The van der Waals surface area contributed by atoms with Gasteiger partial charge >= 0.3 is 0 Å². The van der Waals surface area contributed by atoms with Gasteiger partial charge in [-0.15, -0.1) is 0 Å². The molecule has 1 N–H and O–H groups in total. The van der Waals surface area contributed by atoms with E-state index in [2.05, 4.69) is 44.3 Å². The highest BCUT2D eigenvalue weighted by atomic mass is 16.5. The summed E-state index contributed by atoms with van der Waals surface area (Å²) in [4.78, 5) is 0. The molecule has 2 aromatic carbocycles. The summed E-state index contributed by atoms with van der Waals surface area (Å²) < 4.78 is 5.94. The van der Waals surface area contributed by atoms with Gasteiger partial charge in [-0.05, 0) is 44.5 Å². The SMILES string of the molecule is CCCNC(COc1ccccc1)c1cc(C)cc(C)c1. The fourth-order valence-electron chi connectivity index (χ4n) is 2.50. The van der Waals surface area contributed by atoms with Crippen LogP contribution in [0.4, 0.5) is 0 Å². The predicted octanol–water partition coefficient (Wildman–Crippen LogP) is 4.42. The molecule has 0 heterocycles. The molecule has 2 aromatic rings. The predicted molar refractivity (Wildman–Crippen MR) is 88.9 cm³/mol.